The quantitative estimate of drug-likeness (QED) is 0.869. The summed E-state index contributed by atoms with van der Waals surface area (Å²) in [5, 5.41) is 4.12. The van der Waals surface area contributed by atoms with Gasteiger partial charge in [0.1, 0.15) is 0 Å². The van der Waals surface area contributed by atoms with Gasteiger partial charge in [0.15, 0.2) is 0 Å². The number of carbonyl (C=O) groups excluding carboxylic acids is 1. The second-order valence-corrected chi connectivity index (χ2v) is 7.70. The van der Waals surface area contributed by atoms with E-state index >= 15 is 0 Å². The number of carbonyl (C=O) groups is 1. The van der Waals surface area contributed by atoms with Gasteiger partial charge in [-0.05, 0) is 38.3 Å². The van der Waals surface area contributed by atoms with E-state index in [1.54, 1.807) is 0 Å². The van der Waals surface area contributed by atoms with Crippen LogP contribution in [0.5, 0.6) is 0 Å². The molecule has 28 heavy (non-hydrogen) atoms. The third-order valence-electron chi connectivity index (χ3n) is 5.57. The topological polar surface area (TPSA) is 76.6 Å². The Balaban J connectivity index is 1.34. The van der Waals surface area contributed by atoms with Gasteiger partial charge in [-0.25, -0.2) is 9.97 Å². The molecule has 0 bridgehead atoms. The molecule has 2 aliphatic rings. The van der Waals surface area contributed by atoms with E-state index in [0.29, 0.717) is 26.4 Å². The zero-order chi connectivity index (χ0) is 19.5. The van der Waals surface area contributed by atoms with Crippen molar-refractivity contribution in [3.8, 4) is 0 Å². The summed E-state index contributed by atoms with van der Waals surface area (Å²) in [6.07, 6.45) is 1.58. The van der Waals surface area contributed by atoms with Crippen molar-refractivity contribution < 1.29 is 14.3 Å². The third-order valence-corrected chi connectivity index (χ3v) is 5.57. The molecule has 2 fully saturated rings. The van der Waals surface area contributed by atoms with Crippen molar-refractivity contribution in [2.75, 3.05) is 44.4 Å². The van der Waals surface area contributed by atoms with Gasteiger partial charge in [0.25, 0.3) is 0 Å². The average Bonchev–Trinajstić information content (AvgIpc) is 2.72. The van der Waals surface area contributed by atoms with Crippen molar-refractivity contribution in [1.29, 1.82) is 0 Å². The number of hydrogen-bond donors (Lipinski definition) is 1. The zero-order valence-electron chi connectivity index (χ0n) is 16.6. The molecular weight excluding hydrogens is 356 g/mol. The Hall–Kier alpha value is -2.25. The molecule has 0 aliphatic carbocycles. The lowest BCUT2D eigenvalue weighted by molar-refractivity contribution is -0.128. The Morgan fingerprint density at radius 1 is 1.21 bits per heavy atom. The van der Waals surface area contributed by atoms with Crippen molar-refractivity contribution >= 4 is 22.8 Å². The molecule has 1 aromatic heterocycles. The second-order valence-electron chi connectivity index (χ2n) is 7.70. The first-order valence-electron chi connectivity index (χ1n) is 10.1. The molecule has 4 rings (SSSR count). The maximum atomic E-state index is 12.5. The standard InChI is InChI=1S/C21H28N4O3/c1-14-3-4-18-15(2)23-21(24-19(18)11-14)25-7-5-16(6-8-25)20(26)22-12-17-13-27-9-10-28-17/h3-4,11,16-17H,5-10,12-13H2,1-2H3,(H,22,26)/t17-/m1/s1. The van der Waals surface area contributed by atoms with Gasteiger partial charge in [-0.1, -0.05) is 12.1 Å². The molecule has 150 valence electrons. The van der Waals surface area contributed by atoms with Crippen LogP contribution in [-0.4, -0.2) is 61.4 Å². The van der Waals surface area contributed by atoms with Gasteiger partial charge in [0, 0.05) is 30.9 Å². The van der Waals surface area contributed by atoms with Crippen molar-refractivity contribution in [2.24, 2.45) is 5.92 Å². The van der Waals surface area contributed by atoms with Crippen molar-refractivity contribution in [3.05, 3.63) is 29.5 Å². The maximum absolute atomic E-state index is 12.5. The van der Waals surface area contributed by atoms with Crippen LogP contribution in [0.15, 0.2) is 18.2 Å². The Kier molecular flexibility index (Phi) is 5.73. The fourth-order valence-electron chi connectivity index (χ4n) is 3.88. The Labute approximate surface area is 165 Å². The predicted octanol–water partition coefficient (Wildman–Crippen LogP) is 1.99. The van der Waals surface area contributed by atoms with Crippen LogP contribution < -0.4 is 10.2 Å². The Morgan fingerprint density at radius 2 is 2.04 bits per heavy atom. The third kappa shape index (κ3) is 4.25. The van der Waals surface area contributed by atoms with Gasteiger partial charge >= 0.3 is 0 Å². The minimum absolute atomic E-state index is 0.0320. The number of piperidine rings is 1. The summed E-state index contributed by atoms with van der Waals surface area (Å²) in [6, 6.07) is 6.28. The first-order valence-corrected chi connectivity index (χ1v) is 10.1. The highest BCUT2D eigenvalue weighted by atomic mass is 16.6. The highest BCUT2D eigenvalue weighted by Gasteiger charge is 2.27. The molecule has 1 N–H and O–H groups in total. The average molecular weight is 384 g/mol. The molecule has 0 unspecified atom stereocenters. The highest BCUT2D eigenvalue weighted by molar-refractivity contribution is 5.82. The summed E-state index contributed by atoms with van der Waals surface area (Å²) in [7, 11) is 0. The van der Waals surface area contributed by atoms with Gasteiger partial charge in [-0.3, -0.25) is 4.79 Å². The van der Waals surface area contributed by atoms with E-state index in [1.165, 1.54) is 5.56 Å². The summed E-state index contributed by atoms with van der Waals surface area (Å²) >= 11 is 0. The molecule has 0 spiro atoms. The maximum Gasteiger partial charge on any atom is 0.226 e. The lowest BCUT2D eigenvalue weighted by Gasteiger charge is -2.32. The summed E-state index contributed by atoms with van der Waals surface area (Å²) in [5.41, 5.74) is 3.17. The van der Waals surface area contributed by atoms with Crippen molar-refractivity contribution in [2.45, 2.75) is 32.8 Å². The number of anilines is 1. The van der Waals surface area contributed by atoms with Gasteiger partial charge < -0.3 is 19.7 Å². The molecule has 7 heteroatoms. The minimum Gasteiger partial charge on any atom is -0.376 e. The van der Waals surface area contributed by atoms with Crippen LogP contribution in [0.3, 0.4) is 0 Å². The predicted molar refractivity (Wildman–Crippen MR) is 108 cm³/mol. The van der Waals surface area contributed by atoms with Gasteiger partial charge in [-0.15, -0.1) is 0 Å². The molecule has 1 aromatic carbocycles. The summed E-state index contributed by atoms with van der Waals surface area (Å²) in [6.45, 7) is 7.99. The van der Waals surface area contributed by atoms with Crippen LogP contribution >= 0.6 is 0 Å². The van der Waals surface area contributed by atoms with Crippen LogP contribution in [0, 0.1) is 19.8 Å². The van der Waals surface area contributed by atoms with Crippen molar-refractivity contribution in [3.63, 3.8) is 0 Å². The van der Waals surface area contributed by atoms with Gasteiger partial charge in [0.05, 0.1) is 37.1 Å². The lowest BCUT2D eigenvalue weighted by Crippen LogP contribution is -2.45. The SMILES string of the molecule is Cc1ccc2c(C)nc(N3CCC(C(=O)NC[C@@H]4COCCO4)CC3)nc2c1. The number of nitrogens with zero attached hydrogens (tertiary/aromatic N) is 3. The molecule has 0 saturated carbocycles. The summed E-state index contributed by atoms with van der Waals surface area (Å²) < 4.78 is 11.0. The molecule has 7 nitrogen and oxygen atoms in total. The van der Waals surface area contributed by atoms with Crippen LogP contribution in [0.25, 0.3) is 10.9 Å². The van der Waals surface area contributed by atoms with E-state index in [1.807, 2.05) is 6.92 Å². The fourth-order valence-corrected chi connectivity index (χ4v) is 3.88. The molecule has 2 saturated heterocycles. The molecule has 1 amide bonds. The second kappa shape index (κ2) is 8.41. The van der Waals surface area contributed by atoms with E-state index < -0.39 is 0 Å². The summed E-state index contributed by atoms with van der Waals surface area (Å²) in [4.78, 5) is 24.2. The number of rotatable bonds is 4. The normalized spacial score (nSPS) is 21.1. The van der Waals surface area contributed by atoms with E-state index in [4.69, 9.17) is 19.4 Å². The molecular formula is C21H28N4O3. The van der Waals surface area contributed by atoms with Crippen LogP contribution in [0.4, 0.5) is 5.95 Å². The first-order chi connectivity index (χ1) is 13.6. The smallest absolute Gasteiger partial charge is 0.226 e. The first kappa shape index (κ1) is 19.1. The number of fused-ring (bicyclic) bond motifs is 1. The van der Waals surface area contributed by atoms with Gasteiger partial charge in [0.2, 0.25) is 11.9 Å². The molecule has 1 atom stereocenters. The number of ether oxygens (including phenoxy) is 2. The monoisotopic (exact) mass is 384 g/mol. The number of aromatic nitrogens is 2. The van der Waals surface area contributed by atoms with E-state index in [9.17, 15) is 4.79 Å². The Bertz CT molecular complexity index is 843. The minimum atomic E-state index is -0.0322. The highest BCUT2D eigenvalue weighted by Crippen LogP contribution is 2.24. The van der Waals surface area contributed by atoms with E-state index in [0.717, 1.165) is 48.5 Å². The van der Waals surface area contributed by atoms with Crippen LogP contribution in [0.2, 0.25) is 0 Å². The zero-order valence-corrected chi connectivity index (χ0v) is 16.6. The van der Waals surface area contributed by atoms with E-state index in [-0.39, 0.29) is 17.9 Å². The number of amides is 1. The lowest BCUT2D eigenvalue weighted by atomic mass is 9.96. The largest absolute Gasteiger partial charge is 0.376 e. The summed E-state index contributed by atoms with van der Waals surface area (Å²) in [5.74, 6) is 0.909. The number of nitrogens with one attached hydrogen (secondary N) is 1. The molecule has 2 aliphatic heterocycles. The van der Waals surface area contributed by atoms with Crippen LogP contribution in [-0.2, 0) is 14.3 Å². The fraction of sp³-hybridized carbons (Fsp3) is 0.571. The number of benzene rings is 1. The number of hydrogen-bond acceptors (Lipinski definition) is 6. The van der Waals surface area contributed by atoms with E-state index in [2.05, 4.69) is 35.3 Å². The Morgan fingerprint density at radius 3 is 2.79 bits per heavy atom. The molecule has 2 aromatic rings. The van der Waals surface area contributed by atoms with Crippen LogP contribution in [0.1, 0.15) is 24.1 Å². The molecule has 0 radical (unpaired) electrons. The number of aryl methyl sites for hydroxylation is 2. The molecule has 3 heterocycles. The van der Waals surface area contributed by atoms with Gasteiger partial charge in [-0.2, -0.15) is 0 Å². The van der Waals surface area contributed by atoms with Crippen molar-refractivity contribution in [1.82, 2.24) is 15.3 Å².